The third-order valence-corrected chi connectivity index (χ3v) is 10.4. The van der Waals surface area contributed by atoms with E-state index in [1.165, 1.54) is 22.8 Å². The van der Waals surface area contributed by atoms with Crippen molar-refractivity contribution in [2.24, 2.45) is 12.5 Å². The fourth-order valence-corrected chi connectivity index (χ4v) is 7.82. The molecule has 4 aliphatic carbocycles. The smallest absolute Gasteiger partial charge is 0.408 e. The first-order valence-corrected chi connectivity index (χ1v) is 17.8. The molecule has 3 N–H and O–H groups in total. The Morgan fingerprint density at radius 2 is 1.55 bits per heavy atom. The second-order valence-corrected chi connectivity index (χ2v) is 16.5. The molecule has 10 nitrogen and oxygen atoms in total. The number of hydrogen-bond donors (Lipinski definition) is 3. The molecular formula is C40H50FN3O7. The van der Waals surface area contributed by atoms with Crippen LogP contribution in [0.5, 0.6) is 17.2 Å². The Morgan fingerprint density at radius 3 is 2.14 bits per heavy atom. The van der Waals surface area contributed by atoms with Gasteiger partial charge in [0.15, 0.2) is 0 Å². The van der Waals surface area contributed by atoms with Gasteiger partial charge in [0.25, 0.3) is 5.56 Å². The molecule has 1 heterocycles. The highest BCUT2D eigenvalue weighted by atomic mass is 19.1. The molecule has 0 unspecified atom stereocenters. The molecule has 2 amide bonds. The van der Waals surface area contributed by atoms with E-state index < -0.39 is 22.7 Å². The minimum absolute atomic E-state index is 0.00918. The van der Waals surface area contributed by atoms with Crippen LogP contribution in [0.25, 0.3) is 11.1 Å². The first-order chi connectivity index (χ1) is 23.7. The molecule has 1 aromatic heterocycles. The molecule has 3 aromatic rings. The third-order valence-electron chi connectivity index (χ3n) is 10.4. The molecule has 7 rings (SSSR count). The third kappa shape index (κ3) is 7.64. The molecule has 4 fully saturated rings. The van der Waals surface area contributed by atoms with Crippen molar-refractivity contribution in [1.29, 1.82) is 0 Å². The second-order valence-electron chi connectivity index (χ2n) is 16.5. The summed E-state index contributed by atoms with van der Waals surface area (Å²) in [5, 5.41) is 17.1. The predicted molar refractivity (Wildman–Crippen MR) is 192 cm³/mol. The number of carbonyl (C=O) groups excluding carboxylic acids is 2. The van der Waals surface area contributed by atoms with Gasteiger partial charge in [-0.15, -0.1) is 0 Å². The number of ether oxygens (including phenoxy) is 3. The lowest BCUT2D eigenvalue weighted by atomic mass is 9.39. The molecule has 274 valence electrons. The summed E-state index contributed by atoms with van der Waals surface area (Å²) in [6, 6.07) is 9.71. The van der Waals surface area contributed by atoms with Crippen molar-refractivity contribution >= 4 is 12.0 Å². The predicted octanol–water partition coefficient (Wildman–Crippen LogP) is 7.08. The summed E-state index contributed by atoms with van der Waals surface area (Å²) in [6.07, 6.45) is 5.74. The fraction of sp³-hybridized carbons (Fsp3) is 0.525. The molecule has 0 saturated heterocycles. The van der Waals surface area contributed by atoms with Crippen molar-refractivity contribution in [1.82, 2.24) is 15.2 Å². The number of rotatable bonds is 9. The van der Waals surface area contributed by atoms with Gasteiger partial charge < -0.3 is 34.5 Å². The number of hydrogen-bond acceptors (Lipinski definition) is 7. The van der Waals surface area contributed by atoms with Crippen molar-refractivity contribution < 1.29 is 33.3 Å². The molecule has 4 saturated carbocycles. The minimum atomic E-state index is -1.16. The average Bonchev–Trinajstić information content (AvgIpc) is 2.97. The van der Waals surface area contributed by atoms with E-state index in [9.17, 15) is 23.9 Å². The highest BCUT2D eigenvalue weighted by molar-refractivity contribution is 5.88. The van der Waals surface area contributed by atoms with Gasteiger partial charge in [-0.05, 0) is 134 Å². The number of alkyl carbamates (subject to hydrolysis) is 1. The standard InChI is InChI=1S/C40H50FN3O7/c1-23-15-26(41)16-24(2)34(23)50-31-14-9-25(38(6,7)48)17-29(31)30-19-44(8)33(45)18-32(30)49-28-12-10-27(11-13-28)42-35(46)39-20-40(21-39,22-39)43-36(47)51-37(3,4)5/h9,14-19,27-28,48H,10-13,20-22H2,1-8H3,(H,42,46)(H,43,47)/t27-,28-,39?,40?. The van der Waals surface area contributed by atoms with Gasteiger partial charge >= 0.3 is 6.09 Å². The average molecular weight is 704 g/mol. The fourth-order valence-electron chi connectivity index (χ4n) is 7.82. The SMILES string of the molecule is Cc1cc(F)cc(C)c1Oc1ccc(C(C)(C)O)cc1-c1cn(C)c(=O)cc1O[C@H]1CC[C@H](NC(=O)C23CC(NC(=O)OC(C)(C)C)(C2)C3)CC1. The van der Waals surface area contributed by atoms with E-state index in [1.807, 2.05) is 26.8 Å². The normalized spacial score (nSPS) is 24.1. The summed E-state index contributed by atoms with van der Waals surface area (Å²) in [6.45, 7) is 12.4. The Morgan fingerprint density at radius 1 is 0.922 bits per heavy atom. The topological polar surface area (TPSA) is 128 Å². The van der Waals surface area contributed by atoms with Crippen LogP contribution in [0.2, 0.25) is 0 Å². The molecule has 51 heavy (non-hydrogen) atoms. The number of pyridine rings is 1. The van der Waals surface area contributed by atoms with Crippen molar-refractivity contribution in [3.63, 3.8) is 0 Å². The zero-order valence-corrected chi connectivity index (χ0v) is 30.9. The van der Waals surface area contributed by atoms with Gasteiger partial charge in [0.2, 0.25) is 5.91 Å². The number of amides is 2. The van der Waals surface area contributed by atoms with Crippen molar-refractivity contribution in [3.8, 4) is 28.4 Å². The molecule has 0 atom stereocenters. The number of aromatic nitrogens is 1. The zero-order valence-electron chi connectivity index (χ0n) is 30.9. The van der Waals surface area contributed by atoms with Gasteiger partial charge in [-0.3, -0.25) is 9.59 Å². The molecular weight excluding hydrogens is 653 g/mol. The van der Waals surface area contributed by atoms with Gasteiger partial charge in [-0.2, -0.15) is 0 Å². The second kappa shape index (κ2) is 13.0. The first kappa shape index (κ1) is 36.4. The van der Waals surface area contributed by atoms with Crippen molar-refractivity contribution in [2.75, 3.05) is 0 Å². The highest BCUT2D eigenvalue weighted by Gasteiger charge is 2.72. The summed E-state index contributed by atoms with van der Waals surface area (Å²) in [5.41, 5.74) is 0.397. The Labute approximate surface area is 298 Å². The van der Waals surface area contributed by atoms with Crippen LogP contribution in [0.15, 0.2) is 47.4 Å². The molecule has 0 radical (unpaired) electrons. The van der Waals surface area contributed by atoms with Gasteiger partial charge in [-0.1, -0.05) is 6.07 Å². The molecule has 0 aliphatic heterocycles. The van der Waals surface area contributed by atoms with E-state index in [4.69, 9.17) is 14.2 Å². The van der Waals surface area contributed by atoms with Crippen LogP contribution < -0.4 is 25.7 Å². The number of carbonyl (C=O) groups is 2. The van der Waals surface area contributed by atoms with Gasteiger partial charge in [0.1, 0.15) is 28.7 Å². The summed E-state index contributed by atoms with van der Waals surface area (Å²) in [5.74, 6) is 1.08. The van der Waals surface area contributed by atoms with E-state index in [0.717, 1.165) is 12.8 Å². The van der Waals surface area contributed by atoms with E-state index in [-0.39, 0.29) is 35.0 Å². The molecule has 0 spiro atoms. The summed E-state index contributed by atoms with van der Waals surface area (Å²) >= 11 is 0. The number of nitrogens with one attached hydrogen (secondary N) is 2. The summed E-state index contributed by atoms with van der Waals surface area (Å²) in [4.78, 5) is 38.5. The van der Waals surface area contributed by atoms with E-state index in [0.29, 0.717) is 77.2 Å². The maximum Gasteiger partial charge on any atom is 0.408 e. The first-order valence-electron chi connectivity index (χ1n) is 17.8. The van der Waals surface area contributed by atoms with Crippen LogP contribution >= 0.6 is 0 Å². The Kier molecular flexibility index (Phi) is 9.27. The monoisotopic (exact) mass is 703 g/mol. The van der Waals surface area contributed by atoms with Gasteiger partial charge in [-0.25, -0.2) is 9.18 Å². The van der Waals surface area contributed by atoms with Crippen LogP contribution in [0, 0.1) is 25.1 Å². The summed E-state index contributed by atoms with van der Waals surface area (Å²) < 4.78 is 34.0. The maximum atomic E-state index is 14.1. The molecule has 4 aliphatic rings. The van der Waals surface area contributed by atoms with Crippen LogP contribution in [-0.2, 0) is 22.2 Å². The Bertz CT molecular complexity index is 1870. The zero-order chi connectivity index (χ0) is 37.1. The van der Waals surface area contributed by atoms with E-state index >= 15 is 0 Å². The highest BCUT2D eigenvalue weighted by Crippen LogP contribution is 2.67. The van der Waals surface area contributed by atoms with Crippen LogP contribution in [0.1, 0.15) is 96.3 Å². The number of benzene rings is 2. The largest absolute Gasteiger partial charge is 0.490 e. The number of nitrogens with zero attached hydrogens (tertiary/aromatic N) is 1. The van der Waals surface area contributed by atoms with Gasteiger partial charge in [0.05, 0.1) is 17.1 Å². The number of halogens is 1. The Balaban J connectivity index is 1.15. The number of aliphatic hydroxyl groups is 1. The minimum Gasteiger partial charge on any atom is -0.490 e. The van der Waals surface area contributed by atoms with Crippen LogP contribution in [-0.4, -0.2) is 45.0 Å². The lowest BCUT2D eigenvalue weighted by molar-refractivity contribution is -0.180. The number of aryl methyl sites for hydroxylation is 3. The van der Waals surface area contributed by atoms with Crippen molar-refractivity contribution in [2.45, 2.75) is 122 Å². The molecule has 2 aromatic carbocycles. The lowest BCUT2D eigenvalue weighted by Crippen LogP contribution is -2.78. The molecule has 2 bridgehead atoms. The quantitative estimate of drug-likeness (QED) is 0.217. The van der Waals surface area contributed by atoms with E-state index in [2.05, 4.69) is 10.6 Å². The van der Waals surface area contributed by atoms with Crippen molar-refractivity contribution in [3.05, 3.63) is 75.5 Å². The lowest BCUT2D eigenvalue weighted by Gasteiger charge is -2.69. The van der Waals surface area contributed by atoms with E-state index in [1.54, 1.807) is 53.1 Å². The molecule has 11 heteroatoms. The summed E-state index contributed by atoms with van der Waals surface area (Å²) in [7, 11) is 1.67. The Hall–Kier alpha value is -4.38. The maximum absolute atomic E-state index is 14.1. The van der Waals surface area contributed by atoms with Gasteiger partial charge in [0, 0.05) is 42.0 Å². The van der Waals surface area contributed by atoms with Crippen LogP contribution in [0.4, 0.5) is 9.18 Å². The van der Waals surface area contributed by atoms with Crippen LogP contribution in [0.3, 0.4) is 0 Å².